The lowest BCUT2D eigenvalue weighted by Gasteiger charge is -2.13. The Morgan fingerprint density at radius 3 is 2.41 bits per heavy atom. The normalized spacial score (nSPS) is 11.0. The van der Waals surface area contributed by atoms with Crippen LogP contribution in [-0.2, 0) is 24.4 Å². The van der Waals surface area contributed by atoms with Gasteiger partial charge in [0.15, 0.2) is 5.96 Å². The molecule has 0 amide bonds. The topological polar surface area (TPSA) is 71.7 Å². The predicted octanol–water partition coefficient (Wildman–Crippen LogP) is 4.36. The van der Waals surface area contributed by atoms with Crippen LogP contribution in [0.5, 0.6) is 0 Å². The SMILES string of the molecule is CCOCc1ccccc1CNC(=NC)NCc1coc(-c2ccccc2)n1.I. The van der Waals surface area contributed by atoms with Gasteiger partial charge < -0.3 is 19.8 Å². The Kier molecular flexibility index (Phi) is 9.66. The van der Waals surface area contributed by atoms with Crippen LogP contribution in [0.15, 0.2) is 70.3 Å². The van der Waals surface area contributed by atoms with Gasteiger partial charge in [-0.25, -0.2) is 4.98 Å². The maximum absolute atomic E-state index is 5.57. The molecule has 0 saturated heterocycles. The van der Waals surface area contributed by atoms with Crippen molar-refractivity contribution in [3.63, 3.8) is 0 Å². The number of aliphatic imine (C=N–C) groups is 1. The first-order valence-electron chi connectivity index (χ1n) is 9.39. The molecule has 0 aliphatic rings. The van der Waals surface area contributed by atoms with Crippen molar-refractivity contribution in [2.24, 2.45) is 4.99 Å². The molecule has 1 heterocycles. The van der Waals surface area contributed by atoms with Gasteiger partial charge in [-0.1, -0.05) is 42.5 Å². The van der Waals surface area contributed by atoms with Crippen molar-refractivity contribution in [3.8, 4) is 11.5 Å². The third kappa shape index (κ3) is 6.86. The van der Waals surface area contributed by atoms with Crippen LogP contribution in [0.4, 0.5) is 0 Å². The molecular weight excluding hydrogens is 479 g/mol. The summed E-state index contributed by atoms with van der Waals surface area (Å²) in [5.41, 5.74) is 4.14. The minimum absolute atomic E-state index is 0. The molecule has 6 nitrogen and oxygen atoms in total. The number of guanidine groups is 1. The number of aromatic nitrogens is 1. The summed E-state index contributed by atoms with van der Waals surface area (Å²) in [7, 11) is 1.75. The van der Waals surface area contributed by atoms with Gasteiger partial charge in [0, 0.05) is 25.8 Å². The van der Waals surface area contributed by atoms with E-state index >= 15 is 0 Å². The zero-order valence-electron chi connectivity index (χ0n) is 16.7. The highest BCUT2D eigenvalue weighted by atomic mass is 127. The number of hydrogen-bond acceptors (Lipinski definition) is 4. The van der Waals surface area contributed by atoms with E-state index in [9.17, 15) is 0 Å². The van der Waals surface area contributed by atoms with Gasteiger partial charge >= 0.3 is 0 Å². The minimum Gasteiger partial charge on any atom is -0.444 e. The molecule has 29 heavy (non-hydrogen) atoms. The summed E-state index contributed by atoms with van der Waals surface area (Å²) in [4.78, 5) is 8.80. The largest absolute Gasteiger partial charge is 0.444 e. The van der Waals surface area contributed by atoms with Crippen LogP contribution in [0.25, 0.3) is 11.5 Å². The number of oxazole rings is 1. The van der Waals surface area contributed by atoms with Crippen LogP contribution in [0.1, 0.15) is 23.7 Å². The molecule has 0 atom stereocenters. The molecule has 2 N–H and O–H groups in total. The van der Waals surface area contributed by atoms with Crippen molar-refractivity contribution >= 4 is 29.9 Å². The number of nitrogens with zero attached hydrogens (tertiary/aromatic N) is 2. The van der Waals surface area contributed by atoms with E-state index in [-0.39, 0.29) is 24.0 Å². The molecule has 2 aromatic carbocycles. The molecule has 3 rings (SSSR count). The monoisotopic (exact) mass is 506 g/mol. The average molecular weight is 506 g/mol. The van der Waals surface area contributed by atoms with Crippen LogP contribution >= 0.6 is 24.0 Å². The van der Waals surface area contributed by atoms with E-state index in [1.54, 1.807) is 13.3 Å². The summed E-state index contributed by atoms with van der Waals surface area (Å²) in [5, 5.41) is 6.60. The van der Waals surface area contributed by atoms with Crippen molar-refractivity contribution in [3.05, 3.63) is 77.7 Å². The van der Waals surface area contributed by atoms with E-state index in [2.05, 4.69) is 32.7 Å². The zero-order chi connectivity index (χ0) is 19.6. The smallest absolute Gasteiger partial charge is 0.226 e. The Hall–Kier alpha value is -2.39. The van der Waals surface area contributed by atoms with E-state index in [4.69, 9.17) is 9.15 Å². The summed E-state index contributed by atoms with van der Waals surface area (Å²) in [6, 6.07) is 18.1. The first-order chi connectivity index (χ1) is 13.8. The van der Waals surface area contributed by atoms with E-state index in [1.807, 2.05) is 49.4 Å². The minimum atomic E-state index is 0. The molecule has 0 unspecified atom stereocenters. The fraction of sp³-hybridized carbons (Fsp3) is 0.273. The lowest BCUT2D eigenvalue weighted by atomic mass is 10.1. The third-order valence-corrected chi connectivity index (χ3v) is 4.26. The summed E-state index contributed by atoms with van der Waals surface area (Å²) in [5.74, 6) is 1.32. The number of benzene rings is 2. The lowest BCUT2D eigenvalue weighted by Crippen LogP contribution is -2.36. The van der Waals surface area contributed by atoms with Crippen LogP contribution in [0, 0.1) is 0 Å². The van der Waals surface area contributed by atoms with Crippen molar-refractivity contribution in [1.29, 1.82) is 0 Å². The second kappa shape index (κ2) is 12.2. The molecule has 0 spiro atoms. The molecule has 154 valence electrons. The first kappa shape index (κ1) is 22.9. The quantitative estimate of drug-likeness (QED) is 0.270. The first-order valence-corrected chi connectivity index (χ1v) is 9.39. The third-order valence-electron chi connectivity index (χ3n) is 4.26. The summed E-state index contributed by atoms with van der Waals surface area (Å²) in [6.45, 7) is 4.50. The maximum Gasteiger partial charge on any atom is 0.226 e. The molecule has 0 bridgehead atoms. The number of hydrogen-bond donors (Lipinski definition) is 2. The van der Waals surface area contributed by atoms with Crippen molar-refractivity contribution in [2.75, 3.05) is 13.7 Å². The van der Waals surface area contributed by atoms with Crippen molar-refractivity contribution in [1.82, 2.24) is 15.6 Å². The number of nitrogens with one attached hydrogen (secondary N) is 2. The molecular formula is C22H27IN4O2. The molecule has 0 radical (unpaired) electrons. The van der Waals surface area contributed by atoms with E-state index in [0.29, 0.717) is 38.2 Å². The second-order valence-corrected chi connectivity index (χ2v) is 6.20. The highest BCUT2D eigenvalue weighted by Crippen LogP contribution is 2.17. The highest BCUT2D eigenvalue weighted by molar-refractivity contribution is 14.0. The molecule has 0 saturated carbocycles. The Morgan fingerprint density at radius 2 is 1.69 bits per heavy atom. The lowest BCUT2D eigenvalue weighted by molar-refractivity contribution is 0.133. The van der Waals surface area contributed by atoms with Gasteiger partial charge in [0.25, 0.3) is 0 Å². The fourth-order valence-electron chi connectivity index (χ4n) is 2.76. The van der Waals surface area contributed by atoms with E-state index in [0.717, 1.165) is 11.3 Å². The van der Waals surface area contributed by atoms with Crippen molar-refractivity contribution in [2.45, 2.75) is 26.6 Å². The summed E-state index contributed by atoms with van der Waals surface area (Å²) >= 11 is 0. The molecule has 1 aromatic heterocycles. The Balaban J connectivity index is 0.00000300. The standard InChI is InChI=1S/C22H26N4O2.HI/c1-3-27-15-19-12-8-7-11-18(19)13-24-22(23-2)25-14-20-16-28-21(26-20)17-9-5-4-6-10-17;/h4-12,16H,3,13-15H2,1-2H3,(H2,23,24,25);1H. The molecule has 0 aliphatic heterocycles. The van der Waals surface area contributed by atoms with Gasteiger partial charge in [-0.15, -0.1) is 24.0 Å². The number of rotatable bonds is 8. The predicted molar refractivity (Wildman–Crippen MR) is 126 cm³/mol. The van der Waals surface area contributed by atoms with Gasteiger partial charge in [-0.3, -0.25) is 4.99 Å². The van der Waals surface area contributed by atoms with Gasteiger partial charge in [0.05, 0.1) is 18.8 Å². The Morgan fingerprint density at radius 1 is 1.00 bits per heavy atom. The molecule has 0 aliphatic carbocycles. The second-order valence-electron chi connectivity index (χ2n) is 6.20. The molecule has 7 heteroatoms. The Labute approximate surface area is 188 Å². The van der Waals surface area contributed by atoms with Gasteiger partial charge in [0.1, 0.15) is 6.26 Å². The molecule has 0 fully saturated rings. The van der Waals surface area contributed by atoms with Crippen LogP contribution < -0.4 is 10.6 Å². The van der Waals surface area contributed by atoms with Crippen molar-refractivity contribution < 1.29 is 9.15 Å². The van der Waals surface area contributed by atoms with Crippen LogP contribution in [0.2, 0.25) is 0 Å². The van der Waals surface area contributed by atoms with Crippen LogP contribution in [-0.4, -0.2) is 24.6 Å². The number of halogens is 1. The van der Waals surface area contributed by atoms with Crippen LogP contribution in [0.3, 0.4) is 0 Å². The zero-order valence-corrected chi connectivity index (χ0v) is 19.1. The summed E-state index contributed by atoms with van der Waals surface area (Å²) < 4.78 is 11.1. The van der Waals surface area contributed by atoms with Gasteiger partial charge in [-0.05, 0) is 30.2 Å². The number of ether oxygens (including phenoxy) is 1. The summed E-state index contributed by atoms with van der Waals surface area (Å²) in [6.07, 6.45) is 1.67. The van der Waals surface area contributed by atoms with E-state index in [1.165, 1.54) is 11.1 Å². The average Bonchev–Trinajstić information content (AvgIpc) is 3.23. The maximum atomic E-state index is 5.57. The molecule has 3 aromatic rings. The van der Waals surface area contributed by atoms with Gasteiger partial charge in [0.2, 0.25) is 5.89 Å². The van der Waals surface area contributed by atoms with Gasteiger partial charge in [-0.2, -0.15) is 0 Å². The Bertz CT molecular complexity index is 897. The fourth-order valence-corrected chi connectivity index (χ4v) is 2.76. The van der Waals surface area contributed by atoms with E-state index < -0.39 is 0 Å². The highest BCUT2D eigenvalue weighted by Gasteiger charge is 2.08.